The van der Waals surface area contributed by atoms with E-state index < -0.39 is 0 Å². The van der Waals surface area contributed by atoms with Crippen molar-refractivity contribution in [3.8, 4) is 11.8 Å². The highest BCUT2D eigenvalue weighted by molar-refractivity contribution is 7.13. The maximum atomic E-state index is 5.69. The van der Waals surface area contributed by atoms with Crippen LogP contribution in [0.3, 0.4) is 0 Å². The first-order chi connectivity index (χ1) is 7.31. The van der Waals surface area contributed by atoms with Gasteiger partial charge in [0, 0.05) is 18.1 Å². The number of anilines is 1. The normalized spacial score (nSPS) is 9.93. The van der Waals surface area contributed by atoms with Crippen molar-refractivity contribution in [1.82, 2.24) is 4.37 Å². The van der Waals surface area contributed by atoms with Crippen LogP contribution in [0.1, 0.15) is 5.56 Å². The second-order valence-corrected chi connectivity index (χ2v) is 3.82. The lowest BCUT2D eigenvalue weighted by molar-refractivity contribution is 0.240. The second kappa shape index (κ2) is 4.30. The summed E-state index contributed by atoms with van der Waals surface area (Å²) in [7, 11) is 1.63. The van der Waals surface area contributed by atoms with E-state index in [-0.39, 0.29) is 0 Å². The van der Waals surface area contributed by atoms with Crippen LogP contribution in [0.4, 0.5) is 5.82 Å². The summed E-state index contributed by atoms with van der Waals surface area (Å²) < 4.78 is 10.00. The van der Waals surface area contributed by atoms with Crippen molar-refractivity contribution in [1.29, 1.82) is 0 Å². The minimum Gasteiger partial charge on any atom is -0.382 e. The Morgan fingerprint density at radius 2 is 2.40 bits per heavy atom. The molecular weight excluding hydrogens is 208 g/mol. The molecule has 0 aliphatic heterocycles. The number of aromatic nitrogens is 1. The summed E-state index contributed by atoms with van der Waals surface area (Å²) >= 11 is 1.39. The number of nitrogens with two attached hydrogens (primary N) is 1. The van der Waals surface area contributed by atoms with Crippen LogP contribution in [0.5, 0.6) is 0 Å². The minimum absolute atomic E-state index is 0.447. The SMILES string of the molecule is COCC#Cc1ccc2c(N)nsc2c1. The van der Waals surface area contributed by atoms with E-state index in [4.69, 9.17) is 10.5 Å². The van der Waals surface area contributed by atoms with Crippen LogP contribution in [-0.2, 0) is 4.74 Å². The first-order valence-corrected chi connectivity index (χ1v) is 5.21. The molecule has 3 nitrogen and oxygen atoms in total. The lowest BCUT2D eigenvalue weighted by Crippen LogP contribution is -1.84. The van der Waals surface area contributed by atoms with Gasteiger partial charge in [0.05, 0.1) is 4.70 Å². The lowest BCUT2D eigenvalue weighted by atomic mass is 10.2. The summed E-state index contributed by atoms with van der Waals surface area (Å²) in [4.78, 5) is 0. The molecule has 2 N–H and O–H groups in total. The van der Waals surface area contributed by atoms with Crippen LogP contribution < -0.4 is 5.73 Å². The van der Waals surface area contributed by atoms with Crippen LogP contribution in [0.2, 0.25) is 0 Å². The molecule has 1 aromatic heterocycles. The van der Waals surface area contributed by atoms with E-state index in [1.54, 1.807) is 7.11 Å². The first kappa shape index (κ1) is 9.97. The van der Waals surface area contributed by atoms with Gasteiger partial charge in [0.25, 0.3) is 0 Å². The number of methoxy groups -OCH3 is 1. The number of nitrogen functional groups attached to an aromatic ring is 1. The molecule has 15 heavy (non-hydrogen) atoms. The average Bonchev–Trinajstić information content (AvgIpc) is 2.61. The van der Waals surface area contributed by atoms with Crippen molar-refractivity contribution in [2.75, 3.05) is 19.5 Å². The van der Waals surface area contributed by atoms with Crippen molar-refractivity contribution in [2.45, 2.75) is 0 Å². The van der Waals surface area contributed by atoms with Crippen LogP contribution in [0.15, 0.2) is 18.2 Å². The van der Waals surface area contributed by atoms with Crippen molar-refractivity contribution in [2.24, 2.45) is 0 Å². The smallest absolute Gasteiger partial charge is 0.144 e. The molecule has 1 aromatic carbocycles. The largest absolute Gasteiger partial charge is 0.382 e. The summed E-state index contributed by atoms with van der Waals surface area (Å²) in [5.41, 5.74) is 6.65. The molecule has 0 aliphatic rings. The van der Waals surface area contributed by atoms with Crippen LogP contribution in [0, 0.1) is 11.8 Å². The molecule has 0 saturated carbocycles. The van der Waals surface area contributed by atoms with Crippen LogP contribution >= 0.6 is 11.5 Å². The van der Waals surface area contributed by atoms with Crippen molar-refractivity contribution in [3.05, 3.63) is 23.8 Å². The number of hydrogen-bond donors (Lipinski definition) is 1. The molecule has 0 saturated heterocycles. The Kier molecular flexibility index (Phi) is 2.86. The van der Waals surface area contributed by atoms with E-state index in [0.29, 0.717) is 12.4 Å². The van der Waals surface area contributed by atoms with Crippen molar-refractivity contribution < 1.29 is 4.74 Å². The molecule has 0 unspecified atom stereocenters. The molecule has 0 atom stereocenters. The van der Waals surface area contributed by atoms with Crippen molar-refractivity contribution in [3.63, 3.8) is 0 Å². The molecule has 2 rings (SSSR count). The van der Waals surface area contributed by atoms with Gasteiger partial charge >= 0.3 is 0 Å². The van der Waals surface area contributed by atoms with E-state index in [1.807, 2.05) is 18.2 Å². The van der Waals surface area contributed by atoms with E-state index in [1.165, 1.54) is 11.5 Å². The molecule has 1 heterocycles. The summed E-state index contributed by atoms with van der Waals surface area (Å²) in [5, 5.41) is 0.997. The Morgan fingerprint density at radius 3 is 3.20 bits per heavy atom. The van der Waals surface area contributed by atoms with Crippen LogP contribution in [0.25, 0.3) is 10.1 Å². The fraction of sp³-hybridized carbons (Fsp3) is 0.182. The van der Waals surface area contributed by atoms with Gasteiger partial charge in [0.15, 0.2) is 0 Å². The highest BCUT2D eigenvalue weighted by Crippen LogP contribution is 2.24. The summed E-state index contributed by atoms with van der Waals surface area (Å²) in [6.45, 7) is 0.447. The molecule has 0 bridgehead atoms. The van der Waals surface area contributed by atoms with Gasteiger partial charge in [-0.3, -0.25) is 0 Å². The maximum Gasteiger partial charge on any atom is 0.144 e. The number of ether oxygens (including phenoxy) is 1. The zero-order valence-corrected chi connectivity index (χ0v) is 9.10. The van der Waals surface area contributed by atoms with E-state index in [9.17, 15) is 0 Å². The Hall–Kier alpha value is -1.57. The standard InChI is InChI=1S/C11H10N2OS/c1-14-6-2-3-8-4-5-9-10(7-8)15-13-11(9)12/h4-5,7H,6H2,1H3,(H2,12,13). The van der Waals surface area contributed by atoms with Gasteiger partial charge in [0.1, 0.15) is 12.4 Å². The number of rotatable bonds is 1. The highest BCUT2D eigenvalue weighted by atomic mass is 32.1. The van der Waals surface area contributed by atoms with Gasteiger partial charge in [0.2, 0.25) is 0 Å². The van der Waals surface area contributed by atoms with Crippen molar-refractivity contribution >= 4 is 27.4 Å². The first-order valence-electron chi connectivity index (χ1n) is 4.44. The number of fused-ring (bicyclic) bond motifs is 1. The van der Waals surface area contributed by atoms with Crippen LogP contribution in [-0.4, -0.2) is 18.1 Å². The number of benzene rings is 1. The van der Waals surface area contributed by atoms with Gasteiger partial charge in [-0.25, -0.2) is 0 Å². The van der Waals surface area contributed by atoms with Gasteiger partial charge in [-0.15, -0.1) is 0 Å². The molecule has 4 heteroatoms. The fourth-order valence-corrected chi connectivity index (χ4v) is 1.99. The molecule has 2 aromatic rings. The van der Waals surface area contributed by atoms with Gasteiger partial charge < -0.3 is 10.5 Å². The van der Waals surface area contributed by atoms with E-state index in [0.717, 1.165) is 15.6 Å². The minimum atomic E-state index is 0.447. The third-order valence-electron chi connectivity index (χ3n) is 1.95. The fourth-order valence-electron chi connectivity index (χ4n) is 1.25. The quantitative estimate of drug-likeness (QED) is 0.743. The second-order valence-electron chi connectivity index (χ2n) is 3.01. The molecule has 0 amide bonds. The molecule has 0 spiro atoms. The monoisotopic (exact) mass is 218 g/mol. The summed E-state index contributed by atoms with van der Waals surface area (Å²) in [6, 6.07) is 5.88. The zero-order valence-electron chi connectivity index (χ0n) is 8.28. The van der Waals surface area contributed by atoms with Gasteiger partial charge in [-0.05, 0) is 29.7 Å². The summed E-state index contributed by atoms with van der Waals surface area (Å²) in [5.74, 6) is 6.50. The van der Waals surface area contributed by atoms with Gasteiger partial charge in [-0.2, -0.15) is 4.37 Å². The Labute approximate surface area is 92.0 Å². The predicted octanol–water partition coefficient (Wildman–Crippen LogP) is 1.88. The predicted molar refractivity (Wildman–Crippen MR) is 62.8 cm³/mol. The zero-order chi connectivity index (χ0) is 10.7. The Balaban J connectivity index is 2.36. The van der Waals surface area contributed by atoms with E-state index >= 15 is 0 Å². The maximum absolute atomic E-state index is 5.69. The molecule has 0 fully saturated rings. The van der Waals surface area contributed by atoms with Gasteiger partial charge in [-0.1, -0.05) is 11.8 Å². The Morgan fingerprint density at radius 1 is 1.53 bits per heavy atom. The average molecular weight is 218 g/mol. The lowest BCUT2D eigenvalue weighted by Gasteiger charge is -1.91. The molecule has 0 aliphatic carbocycles. The third kappa shape index (κ3) is 2.09. The third-order valence-corrected chi connectivity index (χ3v) is 2.77. The number of hydrogen-bond acceptors (Lipinski definition) is 4. The molecule has 76 valence electrons. The van der Waals surface area contributed by atoms with E-state index in [2.05, 4.69) is 16.2 Å². The number of nitrogens with zero attached hydrogens (tertiary/aromatic N) is 1. The molecule has 0 radical (unpaired) electrons. The Bertz CT molecular complexity index is 536. The molecular formula is C11H10N2OS. The summed E-state index contributed by atoms with van der Waals surface area (Å²) in [6.07, 6.45) is 0. The highest BCUT2D eigenvalue weighted by Gasteiger charge is 2.01. The topological polar surface area (TPSA) is 48.1 Å².